The van der Waals surface area contributed by atoms with E-state index in [-0.39, 0.29) is 18.4 Å². The molecule has 0 saturated carbocycles. The van der Waals surface area contributed by atoms with Crippen molar-refractivity contribution in [3.05, 3.63) is 54.1 Å². The van der Waals surface area contributed by atoms with Crippen LogP contribution in [0.15, 0.2) is 42.9 Å². The van der Waals surface area contributed by atoms with Crippen LogP contribution in [-0.4, -0.2) is 51.7 Å². The zero-order valence-electron chi connectivity index (χ0n) is 13.6. The highest BCUT2D eigenvalue weighted by Gasteiger charge is 2.34. The third kappa shape index (κ3) is 3.89. The van der Waals surface area contributed by atoms with E-state index in [1.165, 1.54) is 0 Å². The first-order chi connectivity index (χ1) is 11.6. The van der Waals surface area contributed by atoms with Crippen molar-refractivity contribution in [1.82, 2.24) is 14.9 Å². The van der Waals surface area contributed by atoms with Crippen LogP contribution in [0.4, 0.5) is 0 Å². The van der Waals surface area contributed by atoms with E-state index < -0.39 is 6.10 Å². The van der Waals surface area contributed by atoms with Crippen LogP contribution in [0.1, 0.15) is 11.3 Å². The van der Waals surface area contributed by atoms with Gasteiger partial charge in [0.05, 0.1) is 11.8 Å². The molecule has 0 bridgehead atoms. The van der Waals surface area contributed by atoms with Crippen LogP contribution in [0.3, 0.4) is 0 Å². The molecule has 1 aromatic heterocycles. The summed E-state index contributed by atoms with van der Waals surface area (Å²) >= 11 is 0. The number of carbonyl (C=O) groups excluding carboxylic acids is 1. The Balaban J connectivity index is 1.54. The van der Waals surface area contributed by atoms with Crippen LogP contribution in [0, 0.1) is 12.8 Å². The Bertz CT molecular complexity index is 693. The molecule has 2 heterocycles. The summed E-state index contributed by atoms with van der Waals surface area (Å²) < 4.78 is 5.60. The first-order valence-corrected chi connectivity index (χ1v) is 8.02. The van der Waals surface area contributed by atoms with Gasteiger partial charge in [0.2, 0.25) is 0 Å². The predicted molar refractivity (Wildman–Crippen MR) is 88.5 cm³/mol. The molecule has 126 valence electrons. The van der Waals surface area contributed by atoms with Crippen LogP contribution in [0.5, 0.6) is 5.75 Å². The zero-order chi connectivity index (χ0) is 16.9. The molecule has 0 unspecified atom stereocenters. The van der Waals surface area contributed by atoms with Crippen LogP contribution < -0.4 is 4.74 Å². The van der Waals surface area contributed by atoms with Crippen molar-refractivity contribution in [2.45, 2.75) is 19.4 Å². The summed E-state index contributed by atoms with van der Waals surface area (Å²) in [6.45, 7) is 2.76. The fourth-order valence-corrected chi connectivity index (χ4v) is 2.91. The van der Waals surface area contributed by atoms with Crippen LogP contribution in [0.2, 0.25) is 0 Å². The minimum atomic E-state index is -0.547. The first-order valence-electron chi connectivity index (χ1n) is 8.02. The third-order valence-electron chi connectivity index (χ3n) is 4.29. The van der Waals surface area contributed by atoms with Gasteiger partial charge in [0, 0.05) is 37.6 Å². The Morgan fingerprint density at radius 3 is 2.92 bits per heavy atom. The Labute approximate surface area is 141 Å². The third-order valence-corrected chi connectivity index (χ3v) is 4.29. The average molecular weight is 327 g/mol. The van der Waals surface area contributed by atoms with Gasteiger partial charge in [-0.1, -0.05) is 18.2 Å². The Morgan fingerprint density at radius 2 is 2.17 bits per heavy atom. The second-order valence-electron chi connectivity index (χ2n) is 6.08. The van der Waals surface area contributed by atoms with Gasteiger partial charge >= 0.3 is 0 Å². The number of benzene rings is 1. The number of hydrogen-bond donors (Lipinski definition) is 1. The number of hydrogen-bond acceptors (Lipinski definition) is 5. The standard InChI is InChI=1S/C18H21N3O3/c1-13-4-2-3-5-17(13)24-12-18(23)21-10-14(16(22)11-21)8-15-9-19-6-7-20-15/h2-7,9,14,16,22H,8,10-12H2,1H3/t14-,16-/m1/s1. The van der Waals surface area contributed by atoms with E-state index in [0.29, 0.717) is 25.3 Å². The topological polar surface area (TPSA) is 75.5 Å². The number of carbonyl (C=O) groups is 1. The van der Waals surface area contributed by atoms with Gasteiger partial charge in [0.15, 0.2) is 6.61 Å². The average Bonchev–Trinajstić information content (AvgIpc) is 2.96. The summed E-state index contributed by atoms with van der Waals surface area (Å²) in [5, 5.41) is 10.2. The lowest BCUT2D eigenvalue weighted by Crippen LogP contribution is -2.33. The van der Waals surface area contributed by atoms with Gasteiger partial charge in [-0.3, -0.25) is 14.8 Å². The summed E-state index contributed by atoms with van der Waals surface area (Å²) in [5.41, 5.74) is 1.82. The molecule has 1 amide bonds. The van der Waals surface area contributed by atoms with Crippen LogP contribution in [-0.2, 0) is 11.2 Å². The predicted octanol–water partition coefficient (Wildman–Crippen LogP) is 1.23. The van der Waals surface area contributed by atoms with Gasteiger partial charge in [0.25, 0.3) is 5.91 Å². The van der Waals surface area contributed by atoms with Gasteiger partial charge in [-0.25, -0.2) is 0 Å². The highest BCUT2D eigenvalue weighted by atomic mass is 16.5. The summed E-state index contributed by atoms with van der Waals surface area (Å²) in [6.07, 6.45) is 5.01. The van der Waals surface area contributed by atoms with Crippen molar-refractivity contribution < 1.29 is 14.6 Å². The van der Waals surface area contributed by atoms with E-state index in [0.717, 1.165) is 11.3 Å². The zero-order valence-corrected chi connectivity index (χ0v) is 13.6. The molecule has 24 heavy (non-hydrogen) atoms. The number of aromatic nitrogens is 2. The quantitative estimate of drug-likeness (QED) is 0.894. The van der Waals surface area contributed by atoms with E-state index >= 15 is 0 Å². The molecule has 0 aliphatic carbocycles. The highest BCUT2D eigenvalue weighted by molar-refractivity contribution is 5.78. The van der Waals surface area contributed by atoms with E-state index in [9.17, 15) is 9.90 Å². The van der Waals surface area contributed by atoms with Gasteiger partial charge in [-0.15, -0.1) is 0 Å². The lowest BCUT2D eigenvalue weighted by molar-refractivity contribution is -0.132. The molecule has 1 saturated heterocycles. The van der Waals surface area contributed by atoms with Crippen LogP contribution >= 0.6 is 0 Å². The molecule has 1 aromatic carbocycles. The minimum Gasteiger partial charge on any atom is -0.484 e. The number of rotatable bonds is 5. The van der Waals surface area contributed by atoms with Crippen LogP contribution in [0.25, 0.3) is 0 Å². The molecule has 0 radical (unpaired) electrons. The minimum absolute atomic E-state index is 0.0184. The first kappa shape index (κ1) is 16.4. The van der Waals surface area contributed by atoms with Crippen molar-refractivity contribution in [3.63, 3.8) is 0 Å². The molecular formula is C18H21N3O3. The van der Waals surface area contributed by atoms with Crippen molar-refractivity contribution in [2.24, 2.45) is 5.92 Å². The number of nitrogens with zero attached hydrogens (tertiary/aromatic N) is 3. The Morgan fingerprint density at radius 1 is 1.33 bits per heavy atom. The molecule has 2 atom stereocenters. The maximum absolute atomic E-state index is 12.3. The van der Waals surface area contributed by atoms with E-state index in [1.807, 2.05) is 31.2 Å². The Hall–Kier alpha value is -2.47. The monoisotopic (exact) mass is 327 g/mol. The summed E-state index contributed by atoms with van der Waals surface area (Å²) in [5.74, 6) is 0.574. The largest absolute Gasteiger partial charge is 0.484 e. The second-order valence-corrected chi connectivity index (χ2v) is 6.08. The maximum Gasteiger partial charge on any atom is 0.260 e. The number of amides is 1. The summed E-state index contributed by atoms with van der Waals surface area (Å²) in [7, 11) is 0. The molecule has 6 heteroatoms. The number of ether oxygens (including phenoxy) is 1. The fraction of sp³-hybridized carbons (Fsp3) is 0.389. The molecule has 1 fully saturated rings. The number of aryl methyl sites for hydroxylation is 1. The molecule has 1 aliphatic heterocycles. The normalized spacial score (nSPS) is 20.2. The smallest absolute Gasteiger partial charge is 0.260 e. The summed E-state index contributed by atoms with van der Waals surface area (Å²) in [6, 6.07) is 7.59. The number of aliphatic hydroxyl groups is 1. The van der Waals surface area contributed by atoms with Crippen molar-refractivity contribution >= 4 is 5.91 Å². The van der Waals surface area contributed by atoms with E-state index in [4.69, 9.17) is 4.74 Å². The maximum atomic E-state index is 12.3. The van der Waals surface area contributed by atoms with Gasteiger partial charge in [0.1, 0.15) is 5.75 Å². The highest BCUT2D eigenvalue weighted by Crippen LogP contribution is 2.21. The number of likely N-dealkylation sites (tertiary alicyclic amines) is 1. The van der Waals surface area contributed by atoms with Gasteiger partial charge < -0.3 is 14.7 Å². The number of β-amino-alcohol motifs (C(OH)–C–C–N with tert-alkyl or cyclic N) is 1. The van der Waals surface area contributed by atoms with Crippen molar-refractivity contribution in [2.75, 3.05) is 19.7 Å². The Kier molecular flexibility index (Phi) is 5.05. The second kappa shape index (κ2) is 7.40. The van der Waals surface area contributed by atoms with E-state index in [2.05, 4.69) is 9.97 Å². The van der Waals surface area contributed by atoms with Crippen molar-refractivity contribution in [3.8, 4) is 5.75 Å². The summed E-state index contributed by atoms with van der Waals surface area (Å²) in [4.78, 5) is 22.3. The molecule has 1 N–H and O–H groups in total. The van der Waals surface area contributed by atoms with Gasteiger partial charge in [-0.05, 0) is 25.0 Å². The van der Waals surface area contributed by atoms with E-state index in [1.54, 1.807) is 23.5 Å². The molecule has 6 nitrogen and oxygen atoms in total. The lowest BCUT2D eigenvalue weighted by Gasteiger charge is -2.17. The molecular weight excluding hydrogens is 306 g/mol. The number of aliphatic hydroxyl groups excluding tert-OH is 1. The van der Waals surface area contributed by atoms with Gasteiger partial charge in [-0.2, -0.15) is 0 Å². The molecule has 3 rings (SSSR count). The van der Waals surface area contributed by atoms with Crippen molar-refractivity contribution in [1.29, 1.82) is 0 Å². The lowest BCUT2D eigenvalue weighted by atomic mass is 10.0. The fourth-order valence-electron chi connectivity index (χ4n) is 2.91. The molecule has 1 aliphatic rings. The molecule has 2 aromatic rings. The number of para-hydroxylation sites is 1. The molecule has 0 spiro atoms. The SMILES string of the molecule is Cc1ccccc1OCC(=O)N1C[C@@H](Cc2cnccn2)[C@H](O)C1.